The highest BCUT2D eigenvalue weighted by Gasteiger charge is 2.20. The van der Waals surface area contributed by atoms with Gasteiger partial charge in [-0.3, -0.25) is 4.79 Å². The summed E-state index contributed by atoms with van der Waals surface area (Å²) in [5.41, 5.74) is 2.27. The van der Waals surface area contributed by atoms with Gasteiger partial charge in [0.15, 0.2) is 0 Å². The van der Waals surface area contributed by atoms with Gasteiger partial charge in [0.25, 0.3) is 5.91 Å². The minimum Gasteiger partial charge on any atom is -0.474 e. The molecule has 120 valence electrons. The zero-order valence-electron chi connectivity index (χ0n) is 12.9. The molecule has 1 aliphatic rings. The summed E-state index contributed by atoms with van der Waals surface area (Å²) in [4.78, 5) is 16.5. The number of ether oxygens (including phenoxy) is 1. The largest absolute Gasteiger partial charge is 0.474 e. The van der Waals surface area contributed by atoms with E-state index in [0.717, 1.165) is 24.1 Å². The Labute approximate surface area is 135 Å². The third kappa shape index (κ3) is 4.07. The Morgan fingerprint density at radius 3 is 2.70 bits per heavy atom. The molecule has 0 saturated heterocycles. The number of rotatable bonds is 6. The van der Waals surface area contributed by atoms with Gasteiger partial charge in [0.05, 0.1) is 0 Å². The van der Waals surface area contributed by atoms with Gasteiger partial charge in [0.1, 0.15) is 6.10 Å². The van der Waals surface area contributed by atoms with Crippen molar-refractivity contribution >= 4 is 11.6 Å². The fourth-order valence-corrected chi connectivity index (χ4v) is 2.36. The molecule has 1 heterocycles. The maximum atomic E-state index is 12.3. The molecule has 0 bridgehead atoms. The molecule has 0 atom stereocenters. The molecule has 0 aliphatic heterocycles. The summed E-state index contributed by atoms with van der Waals surface area (Å²) in [6.07, 6.45) is 5.74. The highest BCUT2D eigenvalue weighted by molar-refractivity contribution is 6.04. The molecule has 1 saturated carbocycles. The van der Waals surface area contributed by atoms with Crippen LogP contribution in [0, 0.1) is 0 Å². The second-order valence-corrected chi connectivity index (χ2v) is 5.68. The van der Waals surface area contributed by atoms with E-state index in [9.17, 15) is 4.79 Å². The van der Waals surface area contributed by atoms with E-state index in [0.29, 0.717) is 17.9 Å². The van der Waals surface area contributed by atoms with E-state index in [1.165, 1.54) is 6.42 Å². The molecule has 0 spiro atoms. The van der Waals surface area contributed by atoms with Crippen molar-refractivity contribution in [2.75, 3.05) is 11.9 Å². The van der Waals surface area contributed by atoms with E-state index in [1.54, 1.807) is 18.3 Å². The Bertz CT molecular complexity index is 666. The molecule has 1 amide bonds. The molecule has 1 aromatic heterocycles. The van der Waals surface area contributed by atoms with Crippen LogP contribution in [-0.4, -0.2) is 28.7 Å². The lowest BCUT2D eigenvalue weighted by molar-refractivity contribution is 0.101. The van der Waals surface area contributed by atoms with Gasteiger partial charge in [-0.15, -0.1) is 0 Å². The van der Waals surface area contributed by atoms with Crippen molar-refractivity contribution in [1.82, 2.24) is 4.98 Å². The molecule has 2 aromatic rings. The zero-order valence-corrected chi connectivity index (χ0v) is 12.9. The van der Waals surface area contributed by atoms with Crippen LogP contribution in [0.25, 0.3) is 0 Å². The van der Waals surface area contributed by atoms with Crippen LogP contribution in [0.5, 0.6) is 5.88 Å². The molecular weight excluding hydrogens is 292 g/mol. The minimum absolute atomic E-state index is 0.118. The number of hydrogen-bond donors (Lipinski definition) is 2. The number of aliphatic hydroxyl groups is 1. The van der Waals surface area contributed by atoms with Crippen molar-refractivity contribution in [2.45, 2.75) is 31.8 Å². The van der Waals surface area contributed by atoms with E-state index in [4.69, 9.17) is 9.84 Å². The van der Waals surface area contributed by atoms with Gasteiger partial charge in [-0.1, -0.05) is 12.1 Å². The SMILES string of the molecule is O=C(Nc1ccc(CCO)cc1)c1ccnc(OC2CCC2)c1. The molecule has 1 aromatic carbocycles. The molecule has 5 heteroatoms. The number of benzene rings is 1. The molecule has 1 fully saturated rings. The number of anilines is 1. The fourth-order valence-electron chi connectivity index (χ4n) is 2.36. The lowest BCUT2D eigenvalue weighted by atomic mass is 9.96. The Kier molecular flexibility index (Phi) is 4.88. The van der Waals surface area contributed by atoms with Crippen LogP contribution in [0.15, 0.2) is 42.6 Å². The summed E-state index contributed by atoms with van der Waals surface area (Å²) >= 11 is 0. The molecular formula is C18H20N2O3. The number of carbonyl (C=O) groups excluding carboxylic acids is 1. The average Bonchev–Trinajstić information content (AvgIpc) is 2.53. The monoisotopic (exact) mass is 312 g/mol. The van der Waals surface area contributed by atoms with Crippen molar-refractivity contribution in [3.8, 4) is 5.88 Å². The quantitative estimate of drug-likeness (QED) is 0.860. The Balaban J connectivity index is 1.63. The first-order valence-electron chi connectivity index (χ1n) is 7.88. The number of aliphatic hydroxyl groups excluding tert-OH is 1. The van der Waals surface area contributed by atoms with Gasteiger partial charge in [0, 0.05) is 30.1 Å². The zero-order chi connectivity index (χ0) is 16.1. The van der Waals surface area contributed by atoms with Crippen LogP contribution < -0.4 is 10.1 Å². The van der Waals surface area contributed by atoms with Crippen LogP contribution in [-0.2, 0) is 6.42 Å². The summed E-state index contributed by atoms with van der Waals surface area (Å²) in [5.74, 6) is 0.307. The number of pyridine rings is 1. The molecule has 2 N–H and O–H groups in total. The number of nitrogens with one attached hydrogen (secondary N) is 1. The minimum atomic E-state index is -0.194. The van der Waals surface area contributed by atoms with Crippen LogP contribution in [0.4, 0.5) is 5.69 Å². The predicted octanol–water partition coefficient (Wildman–Crippen LogP) is 2.80. The third-order valence-electron chi connectivity index (χ3n) is 3.95. The maximum absolute atomic E-state index is 12.3. The number of aromatic nitrogens is 1. The van der Waals surface area contributed by atoms with Crippen molar-refractivity contribution < 1.29 is 14.6 Å². The highest BCUT2D eigenvalue weighted by Crippen LogP contribution is 2.24. The lowest BCUT2D eigenvalue weighted by Crippen LogP contribution is -2.25. The Morgan fingerprint density at radius 1 is 1.26 bits per heavy atom. The van der Waals surface area contributed by atoms with E-state index < -0.39 is 0 Å². The molecule has 5 nitrogen and oxygen atoms in total. The number of amides is 1. The lowest BCUT2D eigenvalue weighted by Gasteiger charge is -2.25. The van der Waals surface area contributed by atoms with Crippen LogP contribution in [0.2, 0.25) is 0 Å². The first kappa shape index (κ1) is 15.5. The standard InChI is InChI=1S/C18H20N2O3/c21-11-9-13-4-6-15(7-5-13)20-18(22)14-8-10-19-17(12-14)23-16-2-1-3-16/h4-8,10,12,16,21H,1-3,9,11H2,(H,20,22). The van der Waals surface area contributed by atoms with Crippen molar-refractivity contribution in [3.05, 3.63) is 53.7 Å². The predicted molar refractivity (Wildman–Crippen MR) is 87.7 cm³/mol. The van der Waals surface area contributed by atoms with E-state index >= 15 is 0 Å². The molecule has 0 unspecified atom stereocenters. The second-order valence-electron chi connectivity index (χ2n) is 5.68. The average molecular weight is 312 g/mol. The molecule has 23 heavy (non-hydrogen) atoms. The molecule has 1 aliphatic carbocycles. The van der Waals surface area contributed by atoms with Gasteiger partial charge in [-0.2, -0.15) is 0 Å². The molecule has 0 radical (unpaired) electrons. The number of hydrogen-bond acceptors (Lipinski definition) is 4. The summed E-state index contributed by atoms with van der Waals surface area (Å²) in [7, 11) is 0. The van der Waals surface area contributed by atoms with Gasteiger partial charge in [-0.05, 0) is 49.4 Å². The van der Waals surface area contributed by atoms with E-state index in [2.05, 4.69) is 10.3 Å². The van der Waals surface area contributed by atoms with Gasteiger partial charge >= 0.3 is 0 Å². The van der Waals surface area contributed by atoms with E-state index in [-0.39, 0.29) is 18.6 Å². The number of carbonyl (C=O) groups is 1. The van der Waals surface area contributed by atoms with Crippen molar-refractivity contribution in [1.29, 1.82) is 0 Å². The summed E-state index contributed by atoms with van der Waals surface area (Å²) in [5, 5.41) is 11.8. The normalized spacial score (nSPS) is 14.1. The van der Waals surface area contributed by atoms with Crippen LogP contribution in [0.1, 0.15) is 35.2 Å². The first-order chi connectivity index (χ1) is 11.2. The smallest absolute Gasteiger partial charge is 0.255 e. The van der Waals surface area contributed by atoms with Gasteiger partial charge in [0.2, 0.25) is 5.88 Å². The Morgan fingerprint density at radius 2 is 2.04 bits per heavy atom. The summed E-state index contributed by atoms with van der Waals surface area (Å²) in [6.45, 7) is 0.118. The Hall–Kier alpha value is -2.40. The summed E-state index contributed by atoms with van der Waals surface area (Å²) < 4.78 is 5.72. The van der Waals surface area contributed by atoms with Gasteiger partial charge < -0.3 is 15.2 Å². The van der Waals surface area contributed by atoms with Gasteiger partial charge in [-0.25, -0.2) is 4.98 Å². The highest BCUT2D eigenvalue weighted by atomic mass is 16.5. The van der Waals surface area contributed by atoms with E-state index in [1.807, 2.05) is 24.3 Å². The van der Waals surface area contributed by atoms with Crippen LogP contribution in [0.3, 0.4) is 0 Å². The number of nitrogens with zero attached hydrogens (tertiary/aromatic N) is 1. The van der Waals surface area contributed by atoms with Crippen molar-refractivity contribution in [2.24, 2.45) is 0 Å². The summed E-state index contributed by atoms with van der Waals surface area (Å²) in [6, 6.07) is 10.8. The maximum Gasteiger partial charge on any atom is 0.255 e. The topological polar surface area (TPSA) is 71.5 Å². The second kappa shape index (κ2) is 7.24. The van der Waals surface area contributed by atoms with Crippen molar-refractivity contribution in [3.63, 3.8) is 0 Å². The fraction of sp³-hybridized carbons (Fsp3) is 0.333. The molecule has 3 rings (SSSR count). The first-order valence-corrected chi connectivity index (χ1v) is 7.88. The third-order valence-corrected chi connectivity index (χ3v) is 3.95. The van der Waals surface area contributed by atoms with Crippen LogP contribution >= 0.6 is 0 Å².